The van der Waals surface area contributed by atoms with E-state index in [-0.39, 0.29) is 22.0 Å². The molecule has 0 aliphatic heterocycles. The molecular formula is C17H10Cl2N2O4. The van der Waals surface area contributed by atoms with E-state index in [2.05, 4.69) is 10.3 Å². The topological polar surface area (TPSA) is 92.4 Å². The quantitative estimate of drug-likeness (QED) is 0.503. The van der Waals surface area contributed by atoms with Crippen molar-refractivity contribution in [1.82, 2.24) is 4.98 Å². The maximum absolute atomic E-state index is 11.4. The van der Waals surface area contributed by atoms with Gasteiger partial charge in [0.05, 0.1) is 16.2 Å². The second-order valence-electron chi connectivity index (χ2n) is 4.99. The zero-order valence-corrected chi connectivity index (χ0v) is 14.0. The number of benzene rings is 2. The lowest BCUT2D eigenvalue weighted by Gasteiger charge is -2.04. The highest BCUT2D eigenvalue weighted by atomic mass is 35.5. The van der Waals surface area contributed by atoms with Crippen LogP contribution >= 0.6 is 23.2 Å². The van der Waals surface area contributed by atoms with Crippen LogP contribution < -0.4 is 5.32 Å². The van der Waals surface area contributed by atoms with Crippen LogP contribution in [0.5, 0.6) is 0 Å². The van der Waals surface area contributed by atoms with Crippen LogP contribution in [0.25, 0.3) is 16.7 Å². The Bertz CT molecular complexity index is 1010. The second-order valence-corrected chi connectivity index (χ2v) is 5.84. The molecule has 0 saturated heterocycles. The number of carboxylic acid groups (broad SMARTS) is 1. The highest BCUT2D eigenvalue weighted by molar-refractivity contribution is 6.33. The minimum atomic E-state index is -1.15. The largest absolute Gasteiger partial charge is 0.478 e. The van der Waals surface area contributed by atoms with Gasteiger partial charge in [-0.15, -0.1) is 0 Å². The van der Waals surface area contributed by atoms with Crippen molar-refractivity contribution < 1.29 is 19.1 Å². The third-order valence-corrected chi connectivity index (χ3v) is 3.88. The molecule has 0 fully saturated rings. The van der Waals surface area contributed by atoms with E-state index in [1.807, 2.05) is 0 Å². The number of nitrogens with zero attached hydrogens (tertiary/aromatic N) is 1. The normalized spacial score (nSPS) is 11.5. The number of hydrogen-bond donors (Lipinski definition) is 2. The van der Waals surface area contributed by atoms with Crippen molar-refractivity contribution in [2.75, 3.05) is 5.32 Å². The summed E-state index contributed by atoms with van der Waals surface area (Å²) in [5.41, 5.74) is 1.56. The summed E-state index contributed by atoms with van der Waals surface area (Å²) in [5.74, 6) is -1.03. The molecule has 2 N–H and O–H groups in total. The van der Waals surface area contributed by atoms with Gasteiger partial charge in [0, 0.05) is 16.9 Å². The van der Waals surface area contributed by atoms with Crippen LogP contribution in [0.4, 0.5) is 5.69 Å². The lowest BCUT2D eigenvalue weighted by atomic mass is 10.2. The number of fused-ring (bicyclic) bond motifs is 1. The van der Waals surface area contributed by atoms with Crippen LogP contribution in [0.3, 0.4) is 0 Å². The van der Waals surface area contributed by atoms with Crippen molar-refractivity contribution in [3.63, 3.8) is 0 Å². The number of carbonyl (C=O) groups is 2. The summed E-state index contributed by atoms with van der Waals surface area (Å²) in [6, 6.07) is 9.32. The van der Waals surface area contributed by atoms with Crippen molar-refractivity contribution in [3.8, 4) is 0 Å². The third-order valence-electron chi connectivity index (χ3n) is 3.31. The third kappa shape index (κ3) is 3.65. The molecule has 0 bridgehead atoms. The first kappa shape index (κ1) is 17.0. The first-order chi connectivity index (χ1) is 12.0. The van der Waals surface area contributed by atoms with Gasteiger partial charge in [0.1, 0.15) is 5.52 Å². The van der Waals surface area contributed by atoms with Crippen molar-refractivity contribution in [2.24, 2.45) is 0 Å². The SMILES string of the molecule is O=CC(=CNc1ccc(Cl)c(C(=O)O)c1)c1nc2cc(Cl)ccc2o1. The van der Waals surface area contributed by atoms with Crippen LogP contribution in [0.15, 0.2) is 47.0 Å². The minimum absolute atomic E-state index is 0.0516. The van der Waals surface area contributed by atoms with Crippen molar-refractivity contribution in [1.29, 1.82) is 0 Å². The van der Waals surface area contributed by atoms with Crippen LogP contribution in [-0.2, 0) is 4.79 Å². The molecule has 0 radical (unpaired) electrons. The Hall–Kier alpha value is -2.83. The number of allylic oxidation sites excluding steroid dienone is 1. The smallest absolute Gasteiger partial charge is 0.337 e. The molecule has 0 amide bonds. The Labute approximate surface area is 151 Å². The Morgan fingerprint density at radius 3 is 2.72 bits per heavy atom. The average molecular weight is 377 g/mol. The van der Waals surface area contributed by atoms with Crippen LogP contribution in [0, 0.1) is 0 Å². The Kier molecular flexibility index (Phi) is 4.74. The molecule has 1 heterocycles. The van der Waals surface area contributed by atoms with Gasteiger partial charge >= 0.3 is 5.97 Å². The number of anilines is 1. The summed E-state index contributed by atoms with van der Waals surface area (Å²) >= 11 is 11.7. The first-order valence-electron chi connectivity index (χ1n) is 6.99. The van der Waals surface area contributed by atoms with Gasteiger partial charge in [-0.1, -0.05) is 23.2 Å². The molecule has 2 aromatic carbocycles. The summed E-state index contributed by atoms with van der Waals surface area (Å²) < 4.78 is 5.52. The molecular weight excluding hydrogens is 367 g/mol. The van der Waals surface area contributed by atoms with E-state index in [9.17, 15) is 9.59 Å². The molecule has 0 aliphatic carbocycles. The maximum atomic E-state index is 11.4. The number of nitrogens with one attached hydrogen (secondary N) is 1. The number of oxazole rings is 1. The van der Waals surface area contributed by atoms with Gasteiger partial charge in [-0.2, -0.15) is 0 Å². The molecule has 0 aliphatic rings. The first-order valence-corrected chi connectivity index (χ1v) is 7.74. The average Bonchev–Trinajstić information content (AvgIpc) is 2.99. The molecule has 25 heavy (non-hydrogen) atoms. The molecule has 3 rings (SSSR count). The molecule has 8 heteroatoms. The number of aldehydes is 1. The Morgan fingerprint density at radius 1 is 1.20 bits per heavy atom. The highest BCUT2D eigenvalue weighted by Crippen LogP contribution is 2.24. The minimum Gasteiger partial charge on any atom is -0.478 e. The fourth-order valence-corrected chi connectivity index (χ4v) is 2.47. The lowest BCUT2D eigenvalue weighted by Crippen LogP contribution is -1.99. The van der Waals surface area contributed by atoms with E-state index < -0.39 is 5.97 Å². The van der Waals surface area contributed by atoms with Gasteiger partial charge < -0.3 is 14.8 Å². The molecule has 126 valence electrons. The highest BCUT2D eigenvalue weighted by Gasteiger charge is 2.12. The van der Waals surface area contributed by atoms with E-state index in [1.165, 1.54) is 18.3 Å². The zero-order valence-electron chi connectivity index (χ0n) is 12.5. The Balaban J connectivity index is 1.91. The number of halogens is 2. The summed E-state index contributed by atoms with van der Waals surface area (Å²) in [7, 11) is 0. The monoisotopic (exact) mass is 376 g/mol. The predicted molar refractivity (Wildman–Crippen MR) is 95.1 cm³/mol. The van der Waals surface area contributed by atoms with Gasteiger partial charge in [0.15, 0.2) is 11.9 Å². The zero-order chi connectivity index (χ0) is 18.0. The van der Waals surface area contributed by atoms with E-state index in [4.69, 9.17) is 32.7 Å². The van der Waals surface area contributed by atoms with E-state index in [0.29, 0.717) is 28.1 Å². The number of carboxylic acids is 1. The molecule has 0 spiro atoms. The molecule has 6 nitrogen and oxygen atoms in total. The van der Waals surface area contributed by atoms with Crippen LogP contribution in [0.2, 0.25) is 10.0 Å². The Morgan fingerprint density at radius 2 is 2.00 bits per heavy atom. The second kappa shape index (κ2) is 6.96. The van der Waals surface area contributed by atoms with Crippen molar-refractivity contribution in [3.05, 3.63) is 64.1 Å². The number of rotatable bonds is 5. The molecule has 3 aromatic rings. The van der Waals surface area contributed by atoms with Gasteiger partial charge in [-0.3, -0.25) is 4.79 Å². The fraction of sp³-hybridized carbons (Fsp3) is 0. The van der Waals surface area contributed by atoms with Gasteiger partial charge in [-0.25, -0.2) is 9.78 Å². The van der Waals surface area contributed by atoms with E-state index in [0.717, 1.165) is 0 Å². The number of hydrogen-bond acceptors (Lipinski definition) is 5. The summed E-state index contributed by atoms with van der Waals surface area (Å²) in [6.45, 7) is 0. The number of aromatic carboxylic acids is 1. The molecule has 0 unspecified atom stereocenters. The standard InChI is InChI=1S/C17H10Cl2N2O4/c18-10-1-4-15-14(5-10)21-16(25-15)9(8-22)7-20-11-2-3-13(19)12(6-11)17(23)24/h1-8,20H,(H,23,24). The van der Waals surface area contributed by atoms with Crippen LogP contribution in [0.1, 0.15) is 16.2 Å². The molecule has 1 aromatic heterocycles. The summed E-state index contributed by atoms with van der Waals surface area (Å²) in [4.78, 5) is 26.7. The van der Waals surface area contributed by atoms with Gasteiger partial charge in [0.2, 0.25) is 5.89 Å². The lowest BCUT2D eigenvalue weighted by molar-refractivity contribution is -0.103. The van der Waals surface area contributed by atoms with Gasteiger partial charge in [-0.05, 0) is 36.4 Å². The summed E-state index contributed by atoms with van der Waals surface area (Å²) in [5, 5.41) is 12.5. The predicted octanol–water partition coefficient (Wildman–Crippen LogP) is 4.48. The van der Waals surface area contributed by atoms with Gasteiger partial charge in [0.25, 0.3) is 0 Å². The van der Waals surface area contributed by atoms with Crippen molar-refractivity contribution in [2.45, 2.75) is 0 Å². The summed E-state index contributed by atoms with van der Waals surface area (Å²) in [6.07, 6.45) is 1.95. The van der Waals surface area contributed by atoms with E-state index in [1.54, 1.807) is 24.3 Å². The number of carbonyl (C=O) groups excluding carboxylic acids is 1. The fourth-order valence-electron chi connectivity index (χ4n) is 2.11. The maximum Gasteiger partial charge on any atom is 0.337 e. The van der Waals surface area contributed by atoms with E-state index >= 15 is 0 Å². The van der Waals surface area contributed by atoms with Crippen molar-refractivity contribution >= 4 is 57.8 Å². The molecule has 0 saturated carbocycles. The molecule has 0 atom stereocenters. The van der Waals surface area contributed by atoms with Crippen LogP contribution in [-0.4, -0.2) is 22.3 Å². The number of aromatic nitrogens is 1.